The average molecular weight is 233 g/mol. The third-order valence-electron chi connectivity index (χ3n) is 3.18. The Balaban J connectivity index is 1.92. The van der Waals surface area contributed by atoms with Crippen LogP contribution in [0, 0.1) is 0 Å². The fraction of sp³-hybridized carbons (Fsp3) is 1.00. The number of sulfonamides is 1. The first-order valence-electron chi connectivity index (χ1n) is 5.48. The van der Waals surface area contributed by atoms with Crippen molar-refractivity contribution in [3.63, 3.8) is 0 Å². The summed E-state index contributed by atoms with van der Waals surface area (Å²) < 4.78 is 26.7. The van der Waals surface area contributed by atoms with Gasteiger partial charge in [-0.05, 0) is 33.0 Å². The predicted octanol–water partition coefficient (Wildman–Crippen LogP) is -1.03. The Hall–Kier alpha value is -0.170. The highest BCUT2D eigenvalue weighted by atomic mass is 32.2. The lowest BCUT2D eigenvalue weighted by molar-refractivity contribution is 0.407. The third kappa shape index (κ3) is 2.69. The van der Waals surface area contributed by atoms with E-state index < -0.39 is 10.0 Å². The van der Waals surface area contributed by atoms with Crippen molar-refractivity contribution in [2.75, 3.05) is 33.2 Å². The molecular formula is C9H19N3O2S. The maximum absolute atomic E-state index is 11.9. The average Bonchev–Trinajstić information content (AvgIpc) is 2.75. The van der Waals surface area contributed by atoms with Gasteiger partial charge in [0, 0.05) is 19.1 Å². The summed E-state index contributed by atoms with van der Waals surface area (Å²) in [6.07, 6.45) is 1.66. The molecule has 0 bridgehead atoms. The predicted molar refractivity (Wildman–Crippen MR) is 59.2 cm³/mol. The largest absolute Gasteiger partial charge is 0.315 e. The van der Waals surface area contributed by atoms with Gasteiger partial charge < -0.3 is 10.2 Å². The molecule has 0 aliphatic carbocycles. The molecule has 0 spiro atoms. The van der Waals surface area contributed by atoms with Crippen LogP contribution in [0.2, 0.25) is 0 Å². The molecular weight excluding hydrogens is 214 g/mol. The second-order valence-electron chi connectivity index (χ2n) is 4.53. The summed E-state index contributed by atoms with van der Waals surface area (Å²) in [4.78, 5) is 2.15. The van der Waals surface area contributed by atoms with E-state index in [1.807, 2.05) is 7.05 Å². The number of nitrogens with one attached hydrogen (secondary N) is 2. The molecule has 88 valence electrons. The van der Waals surface area contributed by atoms with E-state index in [0.29, 0.717) is 6.54 Å². The molecule has 0 aromatic heterocycles. The molecule has 0 saturated carbocycles. The molecule has 6 heteroatoms. The lowest BCUT2D eigenvalue weighted by Crippen LogP contribution is -2.42. The molecule has 2 saturated heterocycles. The summed E-state index contributed by atoms with van der Waals surface area (Å²) in [5, 5.41) is 2.85. The highest BCUT2D eigenvalue weighted by Crippen LogP contribution is 2.13. The van der Waals surface area contributed by atoms with Crippen LogP contribution in [0.5, 0.6) is 0 Å². The van der Waals surface area contributed by atoms with E-state index in [1.54, 1.807) is 0 Å². The van der Waals surface area contributed by atoms with E-state index in [1.165, 1.54) is 0 Å². The Kier molecular flexibility index (Phi) is 3.30. The van der Waals surface area contributed by atoms with E-state index in [-0.39, 0.29) is 11.3 Å². The van der Waals surface area contributed by atoms with E-state index in [2.05, 4.69) is 14.9 Å². The van der Waals surface area contributed by atoms with Crippen LogP contribution in [0.4, 0.5) is 0 Å². The zero-order valence-electron chi connectivity index (χ0n) is 9.07. The Morgan fingerprint density at radius 1 is 1.40 bits per heavy atom. The second-order valence-corrected chi connectivity index (χ2v) is 6.52. The minimum atomic E-state index is -3.11. The van der Waals surface area contributed by atoms with Gasteiger partial charge in [0.25, 0.3) is 0 Å². The maximum Gasteiger partial charge on any atom is 0.216 e. The fourth-order valence-corrected chi connectivity index (χ4v) is 3.87. The van der Waals surface area contributed by atoms with Crippen LogP contribution in [0.1, 0.15) is 12.8 Å². The maximum atomic E-state index is 11.9. The molecule has 2 heterocycles. The molecule has 2 N–H and O–H groups in total. The van der Waals surface area contributed by atoms with E-state index in [0.717, 1.165) is 32.5 Å². The van der Waals surface area contributed by atoms with Gasteiger partial charge >= 0.3 is 0 Å². The van der Waals surface area contributed by atoms with Gasteiger partial charge in [-0.1, -0.05) is 0 Å². The zero-order valence-corrected chi connectivity index (χ0v) is 9.89. The Morgan fingerprint density at radius 3 is 2.73 bits per heavy atom. The van der Waals surface area contributed by atoms with Crippen LogP contribution in [-0.2, 0) is 10.0 Å². The number of nitrogens with zero attached hydrogens (tertiary/aromatic N) is 1. The normalized spacial score (nSPS) is 33.7. The van der Waals surface area contributed by atoms with Gasteiger partial charge in [0.1, 0.15) is 0 Å². The molecule has 2 aliphatic rings. The summed E-state index contributed by atoms with van der Waals surface area (Å²) in [6, 6.07) is 0.112. The van der Waals surface area contributed by atoms with Crippen LogP contribution in [0.25, 0.3) is 0 Å². The molecule has 2 fully saturated rings. The Labute approximate surface area is 91.3 Å². The van der Waals surface area contributed by atoms with Crippen molar-refractivity contribution in [1.82, 2.24) is 14.9 Å². The smallest absolute Gasteiger partial charge is 0.216 e. The lowest BCUT2D eigenvalue weighted by atomic mass is 10.3. The van der Waals surface area contributed by atoms with Crippen molar-refractivity contribution in [1.29, 1.82) is 0 Å². The van der Waals surface area contributed by atoms with Gasteiger partial charge in [-0.3, -0.25) is 0 Å². The van der Waals surface area contributed by atoms with Crippen LogP contribution < -0.4 is 10.0 Å². The first-order chi connectivity index (χ1) is 7.08. The first kappa shape index (κ1) is 11.3. The lowest BCUT2D eigenvalue weighted by Gasteiger charge is -2.16. The van der Waals surface area contributed by atoms with Crippen molar-refractivity contribution in [3.05, 3.63) is 0 Å². The number of likely N-dealkylation sites (tertiary alicyclic amines) is 1. The van der Waals surface area contributed by atoms with Gasteiger partial charge in [-0.2, -0.15) is 0 Å². The summed E-state index contributed by atoms with van der Waals surface area (Å²) in [7, 11) is -1.09. The van der Waals surface area contributed by atoms with E-state index in [9.17, 15) is 8.42 Å². The van der Waals surface area contributed by atoms with E-state index in [4.69, 9.17) is 0 Å². The van der Waals surface area contributed by atoms with Crippen molar-refractivity contribution < 1.29 is 8.42 Å². The van der Waals surface area contributed by atoms with Gasteiger partial charge in [-0.15, -0.1) is 0 Å². The SMILES string of the molecule is CN1CCC(NS(=O)(=O)C2CCNC2)C1. The standard InChI is InChI=1S/C9H19N3O2S/c1-12-5-3-8(7-12)11-15(13,14)9-2-4-10-6-9/h8-11H,2-7H2,1H3. The van der Waals surface area contributed by atoms with Crippen LogP contribution >= 0.6 is 0 Å². The van der Waals surface area contributed by atoms with Gasteiger partial charge in [0.05, 0.1) is 5.25 Å². The van der Waals surface area contributed by atoms with Crippen molar-refractivity contribution in [2.24, 2.45) is 0 Å². The van der Waals surface area contributed by atoms with Gasteiger partial charge in [-0.25, -0.2) is 13.1 Å². The number of likely N-dealkylation sites (N-methyl/N-ethyl adjacent to an activating group) is 1. The quantitative estimate of drug-likeness (QED) is 0.654. The third-order valence-corrected chi connectivity index (χ3v) is 5.12. The molecule has 5 nitrogen and oxygen atoms in total. The zero-order chi connectivity index (χ0) is 10.9. The molecule has 2 aliphatic heterocycles. The van der Waals surface area contributed by atoms with E-state index >= 15 is 0 Å². The molecule has 2 rings (SSSR count). The summed E-state index contributed by atoms with van der Waals surface area (Å²) >= 11 is 0. The molecule has 2 atom stereocenters. The molecule has 2 unspecified atom stereocenters. The number of rotatable bonds is 3. The Bertz CT molecular complexity index is 311. The number of hydrogen-bond acceptors (Lipinski definition) is 4. The fourth-order valence-electron chi connectivity index (χ4n) is 2.25. The van der Waals surface area contributed by atoms with Gasteiger partial charge in [0.15, 0.2) is 0 Å². The van der Waals surface area contributed by atoms with Gasteiger partial charge in [0.2, 0.25) is 10.0 Å². The Morgan fingerprint density at radius 2 is 2.20 bits per heavy atom. The van der Waals surface area contributed by atoms with Crippen molar-refractivity contribution >= 4 is 10.0 Å². The van der Waals surface area contributed by atoms with Crippen LogP contribution in [-0.4, -0.2) is 57.8 Å². The first-order valence-corrected chi connectivity index (χ1v) is 7.03. The van der Waals surface area contributed by atoms with Crippen LogP contribution in [0.3, 0.4) is 0 Å². The summed E-state index contributed by atoms with van der Waals surface area (Å²) in [5.41, 5.74) is 0. The monoisotopic (exact) mass is 233 g/mol. The van der Waals surface area contributed by atoms with Crippen molar-refractivity contribution in [2.45, 2.75) is 24.1 Å². The molecule has 0 aromatic rings. The second kappa shape index (κ2) is 4.37. The molecule has 0 radical (unpaired) electrons. The minimum absolute atomic E-state index is 0.112. The number of hydrogen-bond donors (Lipinski definition) is 2. The van der Waals surface area contributed by atoms with Crippen molar-refractivity contribution in [3.8, 4) is 0 Å². The molecule has 0 amide bonds. The highest BCUT2D eigenvalue weighted by Gasteiger charge is 2.32. The minimum Gasteiger partial charge on any atom is -0.315 e. The molecule has 0 aromatic carbocycles. The molecule has 15 heavy (non-hydrogen) atoms. The highest BCUT2D eigenvalue weighted by molar-refractivity contribution is 7.90. The summed E-state index contributed by atoms with van der Waals surface area (Å²) in [6.45, 7) is 3.23. The summed E-state index contributed by atoms with van der Waals surface area (Å²) in [5.74, 6) is 0. The van der Waals surface area contributed by atoms with Crippen LogP contribution in [0.15, 0.2) is 0 Å². The topological polar surface area (TPSA) is 61.4 Å².